The van der Waals surface area contributed by atoms with Crippen LogP contribution < -0.4 is 16.4 Å². The Morgan fingerprint density at radius 3 is 2.29 bits per heavy atom. The first-order chi connectivity index (χ1) is 3.27. The largest absolute Gasteiger partial charge is 0.311 e. The molecule has 1 aliphatic rings. The first kappa shape index (κ1) is 5.03. The van der Waals surface area contributed by atoms with Crippen molar-refractivity contribution in [2.24, 2.45) is 5.73 Å². The molecule has 0 aromatic carbocycles. The highest BCUT2D eigenvalue weighted by molar-refractivity contribution is 4.93. The van der Waals surface area contributed by atoms with Crippen molar-refractivity contribution >= 4 is 0 Å². The number of nitrogens with one attached hydrogen (secondary N) is 2. The molecule has 7 heavy (non-hydrogen) atoms. The lowest BCUT2D eigenvalue weighted by molar-refractivity contribution is 0.239. The Balaban J connectivity index is 2.29. The van der Waals surface area contributed by atoms with Crippen molar-refractivity contribution in [2.75, 3.05) is 20.1 Å². The molecule has 1 rings (SSSR count). The minimum absolute atomic E-state index is 0.0972. The third-order valence-electron chi connectivity index (χ3n) is 1.38. The summed E-state index contributed by atoms with van der Waals surface area (Å²) in [4.78, 5) is 0. The average molecular weight is 101 g/mol. The SMILES string of the molecule is CNC1(N)CNC1. The fourth-order valence-corrected chi connectivity index (χ4v) is 0.571. The van der Waals surface area contributed by atoms with Gasteiger partial charge in [-0.25, -0.2) is 0 Å². The van der Waals surface area contributed by atoms with Crippen molar-refractivity contribution in [3.05, 3.63) is 0 Å². The van der Waals surface area contributed by atoms with Crippen LogP contribution >= 0.6 is 0 Å². The van der Waals surface area contributed by atoms with E-state index in [4.69, 9.17) is 5.73 Å². The molecule has 0 aromatic rings. The topological polar surface area (TPSA) is 50.1 Å². The van der Waals surface area contributed by atoms with Gasteiger partial charge in [0.25, 0.3) is 0 Å². The van der Waals surface area contributed by atoms with E-state index in [9.17, 15) is 0 Å². The maximum Gasteiger partial charge on any atom is 0.0915 e. The van der Waals surface area contributed by atoms with Crippen molar-refractivity contribution in [2.45, 2.75) is 5.66 Å². The summed E-state index contributed by atoms with van der Waals surface area (Å²) in [6.07, 6.45) is 0. The summed E-state index contributed by atoms with van der Waals surface area (Å²) < 4.78 is 0. The Bertz CT molecular complexity index is 61.8. The van der Waals surface area contributed by atoms with Crippen LogP contribution in [0.5, 0.6) is 0 Å². The molecule has 0 aliphatic carbocycles. The summed E-state index contributed by atoms with van der Waals surface area (Å²) >= 11 is 0. The van der Waals surface area contributed by atoms with Crippen molar-refractivity contribution in [1.29, 1.82) is 0 Å². The predicted octanol–water partition coefficient (Wildman–Crippen LogP) is -1.54. The van der Waals surface area contributed by atoms with Crippen molar-refractivity contribution in [3.63, 3.8) is 0 Å². The van der Waals surface area contributed by atoms with E-state index in [1.165, 1.54) is 0 Å². The normalized spacial score (nSPS) is 26.6. The number of nitrogens with two attached hydrogens (primary N) is 1. The molecule has 0 aromatic heterocycles. The lowest BCUT2D eigenvalue weighted by Crippen LogP contribution is -2.72. The van der Waals surface area contributed by atoms with Gasteiger partial charge in [-0.3, -0.25) is 0 Å². The highest BCUT2D eigenvalue weighted by atomic mass is 15.2. The lowest BCUT2D eigenvalue weighted by Gasteiger charge is -2.38. The minimum atomic E-state index is -0.0972. The third-order valence-corrected chi connectivity index (χ3v) is 1.38. The van der Waals surface area contributed by atoms with E-state index in [-0.39, 0.29) is 5.66 Å². The molecule has 0 spiro atoms. The molecule has 42 valence electrons. The zero-order valence-electron chi connectivity index (χ0n) is 4.49. The van der Waals surface area contributed by atoms with Gasteiger partial charge in [0.15, 0.2) is 0 Å². The smallest absolute Gasteiger partial charge is 0.0915 e. The molecule has 1 aliphatic heterocycles. The van der Waals surface area contributed by atoms with Gasteiger partial charge in [0.05, 0.1) is 5.66 Å². The number of hydrogen-bond donors (Lipinski definition) is 3. The Kier molecular flexibility index (Phi) is 1.03. The van der Waals surface area contributed by atoms with Crippen LogP contribution in [0.3, 0.4) is 0 Å². The molecule has 1 fully saturated rings. The van der Waals surface area contributed by atoms with Crippen LogP contribution in [-0.4, -0.2) is 25.8 Å². The van der Waals surface area contributed by atoms with Gasteiger partial charge < -0.3 is 16.4 Å². The molecular formula is C4H11N3. The number of hydrogen-bond acceptors (Lipinski definition) is 3. The molecule has 0 atom stereocenters. The van der Waals surface area contributed by atoms with Crippen LogP contribution in [0.4, 0.5) is 0 Å². The fourth-order valence-electron chi connectivity index (χ4n) is 0.571. The quantitative estimate of drug-likeness (QED) is 0.351. The highest BCUT2D eigenvalue weighted by Gasteiger charge is 2.29. The predicted molar refractivity (Wildman–Crippen MR) is 28.8 cm³/mol. The summed E-state index contributed by atoms with van der Waals surface area (Å²) in [6, 6.07) is 0. The third kappa shape index (κ3) is 0.748. The molecule has 3 nitrogen and oxygen atoms in total. The molecule has 1 saturated heterocycles. The maximum atomic E-state index is 5.63. The minimum Gasteiger partial charge on any atom is -0.311 e. The lowest BCUT2D eigenvalue weighted by atomic mass is 10.1. The van der Waals surface area contributed by atoms with Crippen LogP contribution in [-0.2, 0) is 0 Å². The highest BCUT2D eigenvalue weighted by Crippen LogP contribution is 1.98. The van der Waals surface area contributed by atoms with Gasteiger partial charge in [-0.2, -0.15) is 0 Å². The fraction of sp³-hybridized carbons (Fsp3) is 1.00. The van der Waals surface area contributed by atoms with Crippen LogP contribution in [0.25, 0.3) is 0 Å². The summed E-state index contributed by atoms with van der Waals surface area (Å²) in [5.41, 5.74) is 5.53. The first-order valence-electron chi connectivity index (χ1n) is 2.45. The van der Waals surface area contributed by atoms with E-state index in [2.05, 4.69) is 10.6 Å². The van der Waals surface area contributed by atoms with Crippen LogP contribution in [0.15, 0.2) is 0 Å². The molecule has 0 radical (unpaired) electrons. The molecule has 0 saturated carbocycles. The summed E-state index contributed by atoms with van der Waals surface area (Å²) in [5.74, 6) is 0. The van der Waals surface area contributed by atoms with Crippen molar-refractivity contribution in [1.82, 2.24) is 10.6 Å². The van der Waals surface area contributed by atoms with E-state index in [0.717, 1.165) is 13.1 Å². The van der Waals surface area contributed by atoms with E-state index in [1.807, 2.05) is 7.05 Å². The molecule has 4 N–H and O–H groups in total. The Morgan fingerprint density at radius 2 is 2.29 bits per heavy atom. The average Bonchev–Trinajstić information content (AvgIpc) is 1.61. The van der Waals surface area contributed by atoms with E-state index < -0.39 is 0 Å². The molecule has 0 bridgehead atoms. The second-order valence-corrected chi connectivity index (χ2v) is 2.01. The van der Waals surface area contributed by atoms with Gasteiger partial charge in [-0.15, -0.1) is 0 Å². The van der Waals surface area contributed by atoms with Gasteiger partial charge in [-0.1, -0.05) is 0 Å². The number of likely N-dealkylation sites (N-methyl/N-ethyl adjacent to an activating group) is 1. The van der Waals surface area contributed by atoms with Crippen molar-refractivity contribution < 1.29 is 0 Å². The van der Waals surface area contributed by atoms with Gasteiger partial charge in [0, 0.05) is 13.1 Å². The van der Waals surface area contributed by atoms with Gasteiger partial charge in [0.2, 0.25) is 0 Å². The van der Waals surface area contributed by atoms with Gasteiger partial charge in [-0.05, 0) is 7.05 Å². The molecule has 1 heterocycles. The summed E-state index contributed by atoms with van der Waals surface area (Å²) in [6.45, 7) is 1.78. The second kappa shape index (κ2) is 1.43. The maximum absolute atomic E-state index is 5.63. The number of rotatable bonds is 1. The van der Waals surface area contributed by atoms with E-state index in [0.29, 0.717) is 0 Å². The van der Waals surface area contributed by atoms with E-state index in [1.54, 1.807) is 0 Å². The second-order valence-electron chi connectivity index (χ2n) is 2.01. The zero-order chi connectivity index (χ0) is 5.33. The standard InChI is InChI=1S/C4H11N3/c1-6-4(5)2-7-3-4/h6-7H,2-3,5H2,1H3. The van der Waals surface area contributed by atoms with Crippen LogP contribution in [0.2, 0.25) is 0 Å². The Hall–Kier alpha value is -0.120. The van der Waals surface area contributed by atoms with Crippen LogP contribution in [0, 0.1) is 0 Å². The Labute approximate surface area is 43.3 Å². The molecular weight excluding hydrogens is 90.1 g/mol. The summed E-state index contributed by atoms with van der Waals surface area (Å²) in [5, 5.41) is 6.06. The molecule has 3 heteroatoms. The molecule has 0 unspecified atom stereocenters. The zero-order valence-corrected chi connectivity index (χ0v) is 4.49. The summed E-state index contributed by atoms with van der Waals surface area (Å²) in [7, 11) is 1.88. The molecule has 0 amide bonds. The monoisotopic (exact) mass is 101 g/mol. The van der Waals surface area contributed by atoms with Gasteiger partial charge >= 0.3 is 0 Å². The van der Waals surface area contributed by atoms with Crippen LogP contribution in [0.1, 0.15) is 0 Å². The first-order valence-corrected chi connectivity index (χ1v) is 2.45. The van der Waals surface area contributed by atoms with E-state index >= 15 is 0 Å². The van der Waals surface area contributed by atoms with Crippen molar-refractivity contribution in [3.8, 4) is 0 Å². The Morgan fingerprint density at radius 1 is 1.71 bits per heavy atom. The van der Waals surface area contributed by atoms with Gasteiger partial charge in [0.1, 0.15) is 0 Å².